The van der Waals surface area contributed by atoms with Gasteiger partial charge in [0.2, 0.25) is 0 Å². The van der Waals surface area contributed by atoms with Crippen molar-refractivity contribution in [1.82, 2.24) is 20.4 Å². The summed E-state index contributed by atoms with van der Waals surface area (Å²) in [5.41, 5.74) is 0.636. The highest BCUT2D eigenvalue weighted by molar-refractivity contribution is 5.97. The molecule has 0 fully saturated rings. The zero-order valence-corrected chi connectivity index (χ0v) is 9.00. The number of nitrogens with zero attached hydrogens (tertiary/aromatic N) is 2. The van der Waals surface area contributed by atoms with Gasteiger partial charge in [-0.2, -0.15) is 5.10 Å². The topological polar surface area (TPSA) is 76.0 Å². The minimum absolute atomic E-state index is 0.248. The zero-order valence-electron chi connectivity index (χ0n) is 9.00. The molecule has 0 spiro atoms. The van der Waals surface area contributed by atoms with Crippen LogP contribution < -0.4 is 10.6 Å². The monoisotopic (exact) mass is 210 g/mol. The van der Waals surface area contributed by atoms with Crippen molar-refractivity contribution in [3.8, 4) is 0 Å². The van der Waals surface area contributed by atoms with Crippen molar-refractivity contribution >= 4 is 11.8 Å². The number of carbonyl (C=O) groups is 2. The van der Waals surface area contributed by atoms with E-state index in [0.29, 0.717) is 12.2 Å². The summed E-state index contributed by atoms with van der Waals surface area (Å²) in [7, 11) is 3.06. The Balaban J connectivity index is 3.11. The fourth-order valence-electron chi connectivity index (χ4n) is 1.21. The summed E-state index contributed by atoms with van der Waals surface area (Å²) in [5, 5.41) is 8.96. The summed E-state index contributed by atoms with van der Waals surface area (Å²) in [6.45, 7) is 2.40. The predicted octanol–water partition coefficient (Wildman–Crippen LogP) is -0.378. The summed E-state index contributed by atoms with van der Waals surface area (Å²) >= 11 is 0. The van der Waals surface area contributed by atoms with Gasteiger partial charge in [-0.05, 0) is 6.92 Å². The molecule has 0 atom stereocenters. The maximum absolute atomic E-state index is 11.4. The highest BCUT2D eigenvalue weighted by atomic mass is 16.2. The molecule has 6 heteroatoms. The Bertz CT molecular complexity index is 383. The minimum Gasteiger partial charge on any atom is -0.354 e. The van der Waals surface area contributed by atoms with Crippen LogP contribution in [0.2, 0.25) is 0 Å². The number of rotatable bonds is 3. The second-order valence-electron chi connectivity index (χ2n) is 2.89. The fraction of sp³-hybridized carbons (Fsp3) is 0.444. The first-order valence-electron chi connectivity index (χ1n) is 4.66. The molecule has 0 unspecified atom stereocenters. The number of nitrogens with one attached hydrogen (secondary N) is 2. The van der Waals surface area contributed by atoms with Crippen molar-refractivity contribution in [2.75, 3.05) is 14.1 Å². The van der Waals surface area contributed by atoms with Crippen molar-refractivity contribution < 1.29 is 9.59 Å². The van der Waals surface area contributed by atoms with Gasteiger partial charge in [0.05, 0.1) is 0 Å². The molecule has 0 aliphatic heterocycles. The molecule has 1 aromatic rings. The molecule has 15 heavy (non-hydrogen) atoms. The lowest BCUT2D eigenvalue weighted by molar-refractivity contribution is 0.0946. The van der Waals surface area contributed by atoms with Gasteiger partial charge in [0.15, 0.2) is 5.69 Å². The molecule has 1 rings (SSSR count). The maximum Gasteiger partial charge on any atom is 0.271 e. The van der Waals surface area contributed by atoms with Gasteiger partial charge in [0, 0.05) is 26.7 Å². The van der Waals surface area contributed by atoms with Gasteiger partial charge in [0.25, 0.3) is 11.8 Å². The number of carbonyl (C=O) groups excluding carboxylic acids is 2. The van der Waals surface area contributed by atoms with Gasteiger partial charge in [-0.1, -0.05) is 0 Å². The van der Waals surface area contributed by atoms with Crippen molar-refractivity contribution in [2.24, 2.45) is 0 Å². The summed E-state index contributed by atoms with van der Waals surface area (Å²) in [4.78, 5) is 22.7. The van der Waals surface area contributed by atoms with E-state index in [1.165, 1.54) is 24.8 Å². The molecule has 2 amide bonds. The van der Waals surface area contributed by atoms with Crippen LogP contribution in [0.25, 0.3) is 0 Å². The third kappa shape index (κ3) is 2.15. The maximum atomic E-state index is 11.4. The summed E-state index contributed by atoms with van der Waals surface area (Å²) in [6, 6.07) is 1.47. The molecule has 0 radical (unpaired) electrons. The fourth-order valence-corrected chi connectivity index (χ4v) is 1.21. The molecule has 6 nitrogen and oxygen atoms in total. The highest BCUT2D eigenvalue weighted by Crippen LogP contribution is 2.04. The van der Waals surface area contributed by atoms with Crippen LogP contribution in [0.4, 0.5) is 0 Å². The zero-order chi connectivity index (χ0) is 11.4. The van der Waals surface area contributed by atoms with Crippen LogP contribution >= 0.6 is 0 Å². The quantitative estimate of drug-likeness (QED) is 0.714. The Morgan fingerprint density at radius 1 is 1.33 bits per heavy atom. The second-order valence-corrected chi connectivity index (χ2v) is 2.89. The molecular weight excluding hydrogens is 196 g/mol. The third-order valence-electron chi connectivity index (χ3n) is 2.00. The van der Waals surface area contributed by atoms with E-state index in [4.69, 9.17) is 0 Å². The molecule has 82 valence electrons. The molecule has 0 bridgehead atoms. The molecular formula is C9H14N4O2. The lowest BCUT2D eigenvalue weighted by Crippen LogP contribution is -2.21. The van der Waals surface area contributed by atoms with Gasteiger partial charge < -0.3 is 10.6 Å². The molecule has 0 saturated heterocycles. The van der Waals surface area contributed by atoms with Crippen LogP contribution in [0.1, 0.15) is 27.9 Å². The number of aryl methyl sites for hydroxylation is 1. The van der Waals surface area contributed by atoms with Crippen molar-refractivity contribution in [3.63, 3.8) is 0 Å². The van der Waals surface area contributed by atoms with E-state index >= 15 is 0 Å². The first-order valence-corrected chi connectivity index (χ1v) is 4.66. The van der Waals surface area contributed by atoms with Crippen LogP contribution in [0.5, 0.6) is 0 Å². The number of amides is 2. The van der Waals surface area contributed by atoms with Crippen LogP contribution in [-0.4, -0.2) is 35.7 Å². The Hall–Kier alpha value is -1.85. The number of hydrogen-bond donors (Lipinski definition) is 2. The average molecular weight is 210 g/mol. The van der Waals surface area contributed by atoms with E-state index in [0.717, 1.165) is 0 Å². The van der Waals surface area contributed by atoms with Crippen LogP contribution in [0.15, 0.2) is 6.07 Å². The van der Waals surface area contributed by atoms with Gasteiger partial charge >= 0.3 is 0 Å². The second kappa shape index (κ2) is 4.59. The van der Waals surface area contributed by atoms with Crippen LogP contribution in [-0.2, 0) is 6.54 Å². The molecule has 0 aliphatic rings. The lowest BCUT2D eigenvalue weighted by atomic mass is 10.3. The van der Waals surface area contributed by atoms with Crippen molar-refractivity contribution in [2.45, 2.75) is 13.5 Å². The van der Waals surface area contributed by atoms with E-state index < -0.39 is 0 Å². The summed E-state index contributed by atoms with van der Waals surface area (Å²) < 4.78 is 1.49. The van der Waals surface area contributed by atoms with Gasteiger partial charge in [0.1, 0.15) is 5.69 Å². The molecule has 2 N–H and O–H groups in total. The van der Waals surface area contributed by atoms with E-state index in [1.807, 2.05) is 6.92 Å². The summed E-state index contributed by atoms with van der Waals surface area (Å²) in [6.07, 6.45) is 0. The van der Waals surface area contributed by atoms with Crippen molar-refractivity contribution in [1.29, 1.82) is 0 Å². The van der Waals surface area contributed by atoms with Gasteiger partial charge in [-0.3, -0.25) is 14.3 Å². The molecule has 1 heterocycles. The van der Waals surface area contributed by atoms with Crippen molar-refractivity contribution in [3.05, 3.63) is 17.5 Å². The van der Waals surface area contributed by atoms with Gasteiger partial charge in [-0.25, -0.2) is 0 Å². The SMILES string of the molecule is CCn1nc(C(=O)NC)cc1C(=O)NC. The predicted molar refractivity (Wildman–Crippen MR) is 54.7 cm³/mol. The standard InChI is InChI=1S/C9H14N4O2/c1-4-13-7(9(15)11-3)5-6(12-13)8(14)10-2/h5H,4H2,1-3H3,(H,10,14)(H,11,15). The third-order valence-corrected chi connectivity index (χ3v) is 2.00. The van der Waals surface area contributed by atoms with E-state index in [1.54, 1.807) is 0 Å². The highest BCUT2D eigenvalue weighted by Gasteiger charge is 2.16. The molecule has 0 saturated carbocycles. The van der Waals surface area contributed by atoms with Crippen LogP contribution in [0, 0.1) is 0 Å². The Morgan fingerprint density at radius 2 is 1.93 bits per heavy atom. The van der Waals surface area contributed by atoms with Crippen LogP contribution in [0.3, 0.4) is 0 Å². The normalized spacial score (nSPS) is 9.80. The minimum atomic E-state index is -0.299. The Kier molecular flexibility index (Phi) is 3.43. The molecule has 0 aromatic carbocycles. The first-order chi connectivity index (χ1) is 7.13. The van der Waals surface area contributed by atoms with Gasteiger partial charge in [-0.15, -0.1) is 0 Å². The van der Waals surface area contributed by atoms with E-state index in [-0.39, 0.29) is 17.5 Å². The Labute approximate surface area is 87.7 Å². The van der Waals surface area contributed by atoms with E-state index in [9.17, 15) is 9.59 Å². The lowest BCUT2D eigenvalue weighted by Gasteiger charge is -2.01. The Morgan fingerprint density at radius 3 is 2.40 bits per heavy atom. The largest absolute Gasteiger partial charge is 0.354 e. The average Bonchev–Trinajstić information content (AvgIpc) is 2.70. The number of aromatic nitrogens is 2. The molecule has 0 aliphatic carbocycles. The first kappa shape index (κ1) is 11.2. The number of hydrogen-bond acceptors (Lipinski definition) is 3. The smallest absolute Gasteiger partial charge is 0.271 e. The molecule has 1 aromatic heterocycles. The van der Waals surface area contributed by atoms with E-state index in [2.05, 4.69) is 15.7 Å². The summed E-state index contributed by atoms with van der Waals surface area (Å²) in [5.74, 6) is -0.549.